The molecular formula is C18H26N2O2S2. The smallest absolute Gasteiger partial charge is 0.263 e. The van der Waals surface area contributed by atoms with Gasteiger partial charge in [-0.1, -0.05) is 0 Å². The molecule has 4 heterocycles. The van der Waals surface area contributed by atoms with Crippen molar-refractivity contribution in [2.24, 2.45) is 0 Å². The van der Waals surface area contributed by atoms with Crippen LogP contribution in [0.3, 0.4) is 0 Å². The fourth-order valence-electron chi connectivity index (χ4n) is 3.98. The third-order valence-corrected chi connectivity index (χ3v) is 7.51. The Kier molecular flexibility index (Phi) is 5.46. The van der Waals surface area contributed by atoms with Gasteiger partial charge < -0.3 is 9.64 Å². The lowest BCUT2D eigenvalue weighted by molar-refractivity contribution is 0.0635. The zero-order chi connectivity index (χ0) is 16.4. The summed E-state index contributed by atoms with van der Waals surface area (Å²) in [5.74, 6) is 2.75. The van der Waals surface area contributed by atoms with Gasteiger partial charge in [-0.05, 0) is 37.8 Å². The number of amides is 1. The Bertz CT molecular complexity index is 557. The monoisotopic (exact) mass is 366 g/mol. The number of piperidine rings is 1. The van der Waals surface area contributed by atoms with Gasteiger partial charge in [0.15, 0.2) is 0 Å². The van der Waals surface area contributed by atoms with E-state index in [1.165, 1.54) is 29.5 Å². The van der Waals surface area contributed by atoms with E-state index in [-0.39, 0.29) is 12.0 Å². The molecule has 4 nitrogen and oxygen atoms in total. The Morgan fingerprint density at radius 3 is 2.58 bits per heavy atom. The van der Waals surface area contributed by atoms with Crippen LogP contribution < -0.4 is 0 Å². The molecule has 3 aliphatic rings. The molecule has 0 bridgehead atoms. The van der Waals surface area contributed by atoms with E-state index in [0.717, 1.165) is 50.3 Å². The Morgan fingerprint density at radius 1 is 1.08 bits per heavy atom. The van der Waals surface area contributed by atoms with Crippen molar-refractivity contribution in [1.82, 2.24) is 9.80 Å². The predicted octanol–water partition coefficient (Wildman–Crippen LogP) is 3.25. The van der Waals surface area contributed by atoms with Gasteiger partial charge in [0.1, 0.15) is 0 Å². The Hall–Kier alpha value is -0.560. The maximum absolute atomic E-state index is 12.8. The first-order chi connectivity index (χ1) is 11.8. The number of thioether (sulfide) groups is 1. The van der Waals surface area contributed by atoms with E-state index in [1.807, 2.05) is 6.07 Å². The molecule has 1 aromatic rings. The van der Waals surface area contributed by atoms with Gasteiger partial charge >= 0.3 is 0 Å². The second-order valence-corrected chi connectivity index (χ2v) is 9.22. The van der Waals surface area contributed by atoms with E-state index in [2.05, 4.69) is 27.6 Å². The van der Waals surface area contributed by atoms with Crippen LogP contribution in [0.4, 0.5) is 0 Å². The molecule has 1 atom stereocenters. The third kappa shape index (κ3) is 3.66. The zero-order valence-electron chi connectivity index (χ0n) is 14.1. The summed E-state index contributed by atoms with van der Waals surface area (Å²) < 4.78 is 5.74. The van der Waals surface area contributed by atoms with Crippen LogP contribution in [-0.2, 0) is 4.74 Å². The van der Waals surface area contributed by atoms with Crippen molar-refractivity contribution in [1.29, 1.82) is 0 Å². The lowest BCUT2D eigenvalue weighted by Gasteiger charge is -2.40. The Labute approximate surface area is 152 Å². The molecule has 4 rings (SSSR count). The largest absolute Gasteiger partial charge is 0.373 e. The van der Waals surface area contributed by atoms with Crippen LogP contribution in [0.25, 0.3) is 0 Å². The molecule has 3 fully saturated rings. The van der Waals surface area contributed by atoms with Crippen LogP contribution in [0.15, 0.2) is 12.1 Å². The molecule has 132 valence electrons. The molecule has 0 radical (unpaired) electrons. The fourth-order valence-corrected chi connectivity index (χ4v) is 5.97. The summed E-state index contributed by atoms with van der Waals surface area (Å²) in [6, 6.07) is 4.77. The molecule has 0 aromatic carbocycles. The zero-order valence-corrected chi connectivity index (χ0v) is 15.7. The molecule has 3 aliphatic heterocycles. The van der Waals surface area contributed by atoms with E-state index < -0.39 is 0 Å². The summed E-state index contributed by atoms with van der Waals surface area (Å²) in [7, 11) is 0. The second-order valence-electron chi connectivity index (χ2n) is 6.88. The highest BCUT2D eigenvalue weighted by molar-refractivity contribution is 7.99. The number of likely N-dealkylation sites (tertiary alicyclic amines) is 1. The van der Waals surface area contributed by atoms with Gasteiger partial charge in [0.2, 0.25) is 0 Å². The summed E-state index contributed by atoms with van der Waals surface area (Å²) in [5.41, 5.74) is 0. The maximum atomic E-state index is 12.8. The van der Waals surface area contributed by atoms with Gasteiger partial charge in [-0.3, -0.25) is 9.69 Å². The van der Waals surface area contributed by atoms with Gasteiger partial charge in [0, 0.05) is 55.2 Å². The van der Waals surface area contributed by atoms with Gasteiger partial charge in [0.25, 0.3) is 5.91 Å². The molecule has 3 saturated heterocycles. The SMILES string of the molecule is O=C(c1ccc(C2CCCO2)s1)N1CCC(N2CCSCC2)CC1. The molecule has 0 spiro atoms. The minimum Gasteiger partial charge on any atom is -0.373 e. The maximum Gasteiger partial charge on any atom is 0.263 e. The van der Waals surface area contributed by atoms with Crippen LogP contribution in [-0.4, -0.2) is 66.0 Å². The van der Waals surface area contributed by atoms with E-state index >= 15 is 0 Å². The minimum absolute atomic E-state index is 0.219. The van der Waals surface area contributed by atoms with E-state index in [0.29, 0.717) is 6.04 Å². The second kappa shape index (κ2) is 7.77. The molecule has 0 N–H and O–H groups in total. The van der Waals surface area contributed by atoms with Gasteiger partial charge in [-0.25, -0.2) is 0 Å². The van der Waals surface area contributed by atoms with E-state index in [9.17, 15) is 4.79 Å². The number of nitrogens with zero attached hydrogens (tertiary/aromatic N) is 2. The van der Waals surface area contributed by atoms with Crippen LogP contribution in [0.5, 0.6) is 0 Å². The number of carbonyl (C=O) groups is 1. The molecule has 24 heavy (non-hydrogen) atoms. The number of hydrogen-bond acceptors (Lipinski definition) is 5. The molecular weight excluding hydrogens is 340 g/mol. The normalized spacial score (nSPS) is 26.8. The van der Waals surface area contributed by atoms with Gasteiger partial charge in [-0.15, -0.1) is 11.3 Å². The number of thiophene rings is 1. The summed E-state index contributed by atoms with van der Waals surface area (Å²) in [6.07, 6.45) is 4.70. The van der Waals surface area contributed by atoms with Gasteiger partial charge in [0.05, 0.1) is 11.0 Å². The van der Waals surface area contributed by atoms with Crippen LogP contribution in [0, 0.1) is 0 Å². The number of hydrogen-bond donors (Lipinski definition) is 0. The first kappa shape index (κ1) is 16.9. The summed E-state index contributed by atoms with van der Waals surface area (Å²) >= 11 is 3.69. The minimum atomic E-state index is 0.219. The average Bonchev–Trinajstić information content (AvgIpc) is 3.33. The van der Waals surface area contributed by atoms with Crippen molar-refractivity contribution in [3.63, 3.8) is 0 Å². The summed E-state index contributed by atoms with van der Waals surface area (Å²) in [4.78, 5) is 19.6. The van der Waals surface area contributed by atoms with Crippen molar-refractivity contribution in [2.45, 2.75) is 37.8 Å². The van der Waals surface area contributed by atoms with Crippen LogP contribution in [0.1, 0.15) is 46.3 Å². The molecule has 1 amide bonds. The molecule has 0 saturated carbocycles. The first-order valence-electron chi connectivity index (χ1n) is 9.13. The predicted molar refractivity (Wildman–Crippen MR) is 100 cm³/mol. The number of carbonyl (C=O) groups excluding carboxylic acids is 1. The molecule has 6 heteroatoms. The summed E-state index contributed by atoms with van der Waals surface area (Å²) in [6.45, 7) is 5.10. The van der Waals surface area contributed by atoms with E-state index in [4.69, 9.17) is 4.74 Å². The van der Waals surface area contributed by atoms with Crippen molar-refractivity contribution >= 4 is 29.0 Å². The fraction of sp³-hybridized carbons (Fsp3) is 0.722. The number of rotatable bonds is 3. The summed E-state index contributed by atoms with van der Waals surface area (Å²) in [5, 5.41) is 0. The lowest BCUT2D eigenvalue weighted by atomic mass is 10.0. The van der Waals surface area contributed by atoms with Crippen LogP contribution >= 0.6 is 23.1 Å². The quantitative estimate of drug-likeness (QED) is 0.822. The van der Waals surface area contributed by atoms with Crippen molar-refractivity contribution in [3.8, 4) is 0 Å². The van der Waals surface area contributed by atoms with E-state index in [1.54, 1.807) is 11.3 Å². The highest BCUT2D eigenvalue weighted by Crippen LogP contribution is 2.34. The average molecular weight is 367 g/mol. The standard InChI is InChI=1S/C18H26N2O2S2/c21-18(17-4-3-16(24-17)15-2-1-11-22-15)20-7-5-14(6-8-20)19-9-12-23-13-10-19/h3-4,14-15H,1-2,5-13H2. The van der Waals surface area contributed by atoms with Crippen molar-refractivity contribution in [2.75, 3.05) is 44.3 Å². The number of ether oxygens (including phenoxy) is 1. The lowest BCUT2D eigenvalue weighted by Crippen LogP contribution is -2.48. The molecule has 1 aromatic heterocycles. The molecule has 0 aliphatic carbocycles. The Morgan fingerprint density at radius 2 is 1.88 bits per heavy atom. The van der Waals surface area contributed by atoms with Gasteiger partial charge in [-0.2, -0.15) is 11.8 Å². The first-order valence-corrected chi connectivity index (χ1v) is 11.1. The van der Waals surface area contributed by atoms with Crippen LogP contribution in [0.2, 0.25) is 0 Å². The highest BCUT2D eigenvalue weighted by Gasteiger charge is 2.29. The molecule has 1 unspecified atom stereocenters. The topological polar surface area (TPSA) is 32.8 Å². The van der Waals surface area contributed by atoms with Crippen molar-refractivity contribution < 1.29 is 9.53 Å². The third-order valence-electron chi connectivity index (χ3n) is 5.40. The van der Waals surface area contributed by atoms with Crippen molar-refractivity contribution in [3.05, 3.63) is 21.9 Å². The highest BCUT2D eigenvalue weighted by atomic mass is 32.2. The Balaban J connectivity index is 1.32.